The summed E-state index contributed by atoms with van der Waals surface area (Å²) in [6, 6.07) is 3.97. The minimum atomic E-state index is 0.0970. The van der Waals surface area contributed by atoms with Crippen LogP contribution in [0.1, 0.15) is 37.4 Å². The maximum Gasteiger partial charge on any atom is 0.129 e. The summed E-state index contributed by atoms with van der Waals surface area (Å²) in [6.07, 6.45) is 3.86. The fraction of sp³-hybridized carbons (Fsp3) is 0.643. The fourth-order valence-electron chi connectivity index (χ4n) is 2.16. The van der Waals surface area contributed by atoms with E-state index in [1.807, 2.05) is 19.1 Å². The maximum absolute atomic E-state index is 9.25. The number of aliphatic hydroxyl groups excluding tert-OH is 1. The third-order valence-electron chi connectivity index (χ3n) is 3.18. The molecule has 1 aliphatic rings. The lowest BCUT2D eigenvalue weighted by molar-refractivity contribution is 0.281. The van der Waals surface area contributed by atoms with E-state index in [2.05, 4.69) is 16.8 Å². The number of pyridine rings is 1. The molecule has 1 aliphatic carbocycles. The van der Waals surface area contributed by atoms with Gasteiger partial charge in [-0.25, -0.2) is 4.98 Å². The first kappa shape index (κ1) is 12.4. The van der Waals surface area contributed by atoms with Crippen LogP contribution < -0.4 is 4.90 Å². The molecule has 1 aromatic heterocycles. The van der Waals surface area contributed by atoms with Crippen LogP contribution in [0.15, 0.2) is 12.1 Å². The number of anilines is 1. The molecule has 94 valence electrons. The monoisotopic (exact) mass is 234 g/mol. The van der Waals surface area contributed by atoms with E-state index < -0.39 is 0 Å². The van der Waals surface area contributed by atoms with Gasteiger partial charge >= 0.3 is 0 Å². The number of aliphatic hydroxyl groups is 1. The van der Waals surface area contributed by atoms with Gasteiger partial charge in [-0.1, -0.05) is 6.92 Å². The molecule has 17 heavy (non-hydrogen) atoms. The smallest absolute Gasteiger partial charge is 0.129 e. The summed E-state index contributed by atoms with van der Waals surface area (Å²) in [5.74, 6) is 1.89. The van der Waals surface area contributed by atoms with Crippen molar-refractivity contribution in [2.45, 2.75) is 39.7 Å². The third-order valence-corrected chi connectivity index (χ3v) is 3.18. The Hall–Kier alpha value is -1.09. The van der Waals surface area contributed by atoms with Crippen LogP contribution in [0.4, 0.5) is 5.82 Å². The van der Waals surface area contributed by atoms with Gasteiger partial charge in [0.05, 0.1) is 6.61 Å². The Labute approximate surface area is 103 Å². The quantitative estimate of drug-likeness (QED) is 0.821. The number of hydrogen-bond donors (Lipinski definition) is 1. The van der Waals surface area contributed by atoms with Gasteiger partial charge in [0.15, 0.2) is 0 Å². The van der Waals surface area contributed by atoms with Crippen molar-refractivity contribution in [1.82, 2.24) is 4.98 Å². The lowest BCUT2D eigenvalue weighted by atomic mass is 10.2. The Morgan fingerprint density at radius 2 is 2.18 bits per heavy atom. The minimum absolute atomic E-state index is 0.0970. The molecule has 1 saturated carbocycles. The van der Waals surface area contributed by atoms with Crippen molar-refractivity contribution >= 4 is 5.82 Å². The van der Waals surface area contributed by atoms with Crippen LogP contribution >= 0.6 is 0 Å². The number of aromatic nitrogens is 1. The molecular formula is C14H22N2O. The summed E-state index contributed by atoms with van der Waals surface area (Å²) in [5, 5.41) is 9.25. The zero-order chi connectivity index (χ0) is 12.3. The molecule has 0 atom stereocenters. The van der Waals surface area contributed by atoms with Gasteiger partial charge in [-0.15, -0.1) is 0 Å². The first-order chi connectivity index (χ1) is 8.22. The van der Waals surface area contributed by atoms with E-state index in [1.165, 1.54) is 12.8 Å². The summed E-state index contributed by atoms with van der Waals surface area (Å²) < 4.78 is 0. The highest BCUT2D eigenvalue weighted by atomic mass is 16.3. The summed E-state index contributed by atoms with van der Waals surface area (Å²) in [4.78, 5) is 6.96. The van der Waals surface area contributed by atoms with Crippen LogP contribution in [-0.4, -0.2) is 23.2 Å². The van der Waals surface area contributed by atoms with Crippen molar-refractivity contribution in [3.63, 3.8) is 0 Å². The van der Waals surface area contributed by atoms with Gasteiger partial charge in [-0.3, -0.25) is 0 Å². The topological polar surface area (TPSA) is 36.4 Å². The lowest BCUT2D eigenvalue weighted by Gasteiger charge is -2.24. The summed E-state index contributed by atoms with van der Waals surface area (Å²) in [7, 11) is 0. The Kier molecular flexibility index (Phi) is 4.00. The molecule has 3 heteroatoms. The van der Waals surface area contributed by atoms with Gasteiger partial charge in [0.1, 0.15) is 5.82 Å². The van der Waals surface area contributed by atoms with E-state index in [9.17, 15) is 5.11 Å². The van der Waals surface area contributed by atoms with Gasteiger partial charge < -0.3 is 10.0 Å². The van der Waals surface area contributed by atoms with Crippen LogP contribution in [-0.2, 0) is 6.61 Å². The summed E-state index contributed by atoms with van der Waals surface area (Å²) in [6.45, 7) is 6.46. The van der Waals surface area contributed by atoms with E-state index in [0.29, 0.717) is 0 Å². The van der Waals surface area contributed by atoms with Crippen molar-refractivity contribution in [2.24, 2.45) is 5.92 Å². The highest BCUT2D eigenvalue weighted by Crippen LogP contribution is 2.31. The summed E-state index contributed by atoms with van der Waals surface area (Å²) >= 11 is 0. The van der Waals surface area contributed by atoms with E-state index in [4.69, 9.17) is 0 Å². The Morgan fingerprint density at radius 3 is 2.76 bits per heavy atom. The molecule has 1 heterocycles. The first-order valence-corrected chi connectivity index (χ1v) is 6.56. The van der Waals surface area contributed by atoms with Gasteiger partial charge in [0, 0.05) is 18.8 Å². The molecule has 3 nitrogen and oxygen atoms in total. The number of hydrogen-bond acceptors (Lipinski definition) is 3. The fourth-order valence-corrected chi connectivity index (χ4v) is 2.16. The Balaban J connectivity index is 2.17. The third kappa shape index (κ3) is 3.43. The zero-order valence-electron chi connectivity index (χ0n) is 10.8. The van der Waals surface area contributed by atoms with Gasteiger partial charge in [-0.05, 0) is 49.8 Å². The SMILES string of the molecule is CCCN(CC1CC1)c1cc(CO)cc(C)n1. The van der Waals surface area contributed by atoms with Crippen LogP contribution in [0.25, 0.3) is 0 Å². The average Bonchev–Trinajstić information content (AvgIpc) is 3.11. The number of rotatable bonds is 6. The molecule has 0 aliphatic heterocycles. The Morgan fingerprint density at radius 1 is 1.41 bits per heavy atom. The van der Waals surface area contributed by atoms with Crippen molar-refractivity contribution in [2.75, 3.05) is 18.0 Å². The highest BCUT2D eigenvalue weighted by molar-refractivity contribution is 5.42. The molecule has 1 aromatic rings. The zero-order valence-corrected chi connectivity index (χ0v) is 10.8. The second-order valence-corrected chi connectivity index (χ2v) is 5.02. The predicted octanol–water partition coefficient (Wildman–Crippen LogP) is 2.51. The second-order valence-electron chi connectivity index (χ2n) is 5.02. The lowest BCUT2D eigenvalue weighted by Crippen LogP contribution is -2.27. The van der Waals surface area contributed by atoms with Crippen molar-refractivity contribution < 1.29 is 5.11 Å². The van der Waals surface area contributed by atoms with Crippen molar-refractivity contribution in [3.05, 3.63) is 23.4 Å². The number of nitrogens with zero attached hydrogens (tertiary/aromatic N) is 2. The molecule has 0 saturated heterocycles. The van der Waals surface area contributed by atoms with E-state index in [1.54, 1.807) is 0 Å². The molecule has 0 spiro atoms. The predicted molar refractivity (Wildman–Crippen MR) is 70.1 cm³/mol. The van der Waals surface area contributed by atoms with Crippen LogP contribution in [0.2, 0.25) is 0 Å². The molecule has 0 aromatic carbocycles. The molecular weight excluding hydrogens is 212 g/mol. The van der Waals surface area contributed by atoms with Gasteiger partial charge in [0.2, 0.25) is 0 Å². The first-order valence-electron chi connectivity index (χ1n) is 6.56. The molecule has 1 N–H and O–H groups in total. The second kappa shape index (κ2) is 5.50. The molecule has 0 radical (unpaired) electrons. The van der Waals surface area contributed by atoms with E-state index in [-0.39, 0.29) is 6.61 Å². The average molecular weight is 234 g/mol. The van der Waals surface area contributed by atoms with Crippen LogP contribution in [0, 0.1) is 12.8 Å². The molecule has 0 amide bonds. The van der Waals surface area contributed by atoms with Crippen LogP contribution in [0.3, 0.4) is 0 Å². The van der Waals surface area contributed by atoms with Gasteiger partial charge in [-0.2, -0.15) is 0 Å². The van der Waals surface area contributed by atoms with Crippen molar-refractivity contribution in [3.8, 4) is 0 Å². The maximum atomic E-state index is 9.25. The minimum Gasteiger partial charge on any atom is -0.392 e. The molecule has 0 bridgehead atoms. The molecule has 2 rings (SSSR count). The standard InChI is InChI=1S/C14H22N2O/c1-3-6-16(9-12-4-5-12)14-8-13(10-17)7-11(2)15-14/h7-8,12,17H,3-6,9-10H2,1-2H3. The Bertz CT molecular complexity index is 374. The molecule has 1 fully saturated rings. The number of aryl methyl sites for hydroxylation is 1. The molecule has 0 unspecified atom stereocenters. The largest absolute Gasteiger partial charge is 0.392 e. The van der Waals surface area contributed by atoms with Crippen LogP contribution in [0.5, 0.6) is 0 Å². The highest BCUT2D eigenvalue weighted by Gasteiger charge is 2.24. The van der Waals surface area contributed by atoms with Crippen molar-refractivity contribution in [1.29, 1.82) is 0 Å². The van der Waals surface area contributed by atoms with Gasteiger partial charge in [0.25, 0.3) is 0 Å². The van der Waals surface area contributed by atoms with E-state index >= 15 is 0 Å². The normalized spacial score (nSPS) is 15.0. The van der Waals surface area contributed by atoms with E-state index in [0.717, 1.165) is 42.5 Å². The summed E-state index contributed by atoms with van der Waals surface area (Å²) in [5.41, 5.74) is 1.95.